The minimum absolute atomic E-state index is 0.0323. The Morgan fingerprint density at radius 2 is 2.12 bits per heavy atom. The average molecular weight is 322 g/mol. The summed E-state index contributed by atoms with van der Waals surface area (Å²) in [4.78, 5) is 19.3. The van der Waals surface area contributed by atoms with Crippen molar-refractivity contribution in [3.05, 3.63) is 22.9 Å². The van der Waals surface area contributed by atoms with Crippen molar-refractivity contribution in [1.29, 1.82) is 5.26 Å². The highest BCUT2D eigenvalue weighted by molar-refractivity contribution is 5.93. The van der Waals surface area contributed by atoms with Gasteiger partial charge in [-0.25, -0.2) is 4.98 Å². The number of aryl methyl sites for hydroxylation is 2. The zero-order valence-corrected chi connectivity index (χ0v) is 13.8. The summed E-state index contributed by atoms with van der Waals surface area (Å²) in [5, 5.41) is 12.3. The average Bonchev–Trinajstić information content (AvgIpc) is 2.62. The summed E-state index contributed by atoms with van der Waals surface area (Å²) in [7, 11) is 0. The topological polar surface area (TPSA) is 69.0 Å². The number of nitrogens with zero attached hydrogens (tertiary/aromatic N) is 3. The Labute approximate surface area is 143 Å². The molecule has 1 aliphatic heterocycles. The Hall–Kier alpha value is -2.37. The molecule has 3 rings (SSSR count). The van der Waals surface area contributed by atoms with Gasteiger partial charge in [0.25, 0.3) is 0 Å². The van der Waals surface area contributed by atoms with E-state index in [-0.39, 0.29) is 11.8 Å². The van der Waals surface area contributed by atoms with Crippen LogP contribution in [0.3, 0.4) is 0 Å². The van der Waals surface area contributed by atoms with Crippen LogP contribution in [0.15, 0.2) is 6.07 Å². The SMILES string of the molecule is C#CCN1CCC(C(=O)Nc2nc3c(cc2C#N)CCCC3)CC1. The minimum atomic E-state index is -0.0385. The maximum Gasteiger partial charge on any atom is 0.228 e. The van der Waals surface area contributed by atoms with Gasteiger partial charge in [-0.3, -0.25) is 9.69 Å². The molecule has 1 aromatic heterocycles. The van der Waals surface area contributed by atoms with Gasteiger partial charge in [0.05, 0.1) is 12.1 Å². The number of fused-ring (bicyclic) bond motifs is 1. The van der Waals surface area contributed by atoms with Crippen LogP contribution in [0.2, 0.25) is 0 Å². The van der Waals surface area contributed by atoms with Gasteiger partial charge in [0, 0.05) is 11.6 Å². The van der Waals surface area contributed by atoms with E-state index in [2.05, 4.69) is 27.2 Å². The molecule has 124 valence electrons. The van der Waals surface area contributed by atoms with Crippen LogP contribution in [-0.2, 0) is 17.6 Å². The fourth-order valence-corrected chi connectivity index (χ4v) is 3.52. The van der Waals surface area contributed by atoms with Gasteiger partial charge < -0.3 is 5.32 Å². The molecule has 0 aromatic carbocycles. The predicted octanol–water partition coefficient (Wildman–Crippen LogP) is 2.12. The number of piperidine rings is 1. The Bertz CT molecular complexity index is 705. The summed E-state index contributed by atoms with van der Waals surface area (Å²) < 4.78 is 0. The molecule has 0 saturated carbocycles. The number of hydrogen-bond acceptors (Lipinski definition) is 4. The number of aromatic nitrogens is 1. The predicted molar refractivity (Wildman–Crippen MR) is 92.2 cm³/mol. The molecule has 0 atom stereocenters. The van der Waals surface area contributed by atoms with Crippen LogP contribution in [0.4, 0.5) is 5.82 Å². The largest absolute Gasteiger partial charge is 0.309 e. The number of hydrogen-bond donors (Lipinski definition) is 1. The van der Waals surface area contributed by atoms with Gasteiger partial charge in [0.15, 0.2) is 5.82 Å². The van der Waals surface area contributed by atoms with Crippen LogP contribution in [0, 0.1) is 29.6 Å². The number of likely N-dealkylation sites (tertiary alicyclic amines) is 1. The van der Waals surface area contributed by atoms with E-state index in [4.69, 9.17) is 6.42 Å². The van der Waals surface area contributed by atoms with Crippen molar-refractivity contribution in [2.24, 2.45) is 5.92 Å². The first kappa shape index (κ1) is 16.5. The van der Waals surface area contributed by atoms with E-state index >= 15 is 0 Å². The zero-order chi connectivity index (χ0) is 16.9. The second kappa shape index (κ2) is 7.47. The van der Waals surface area contributed by atoms with Crippen LogP contribution >= 0.6 is 0 Å². The smallest absolute Gasteiger partial charge is 0.228 e. The Morgan fingerprint density at radius 3 is 2.83 bits per heavy atom. The van der Waals surface area contributed by atoms with E-state index in [0.717, 1.165) is 62.9 Å². The number of rotatable bonds is 3. The number of terminal acetylenes is 1. The van der Waals surface area contributed by atoms with Crippen molar-refractivity contribution in [2.75, 3.05) is 25.0 Å². The number of amides is 1. The lowest BCUT2D eigenvalue weighted by Crippen LogP contribution is -2.38. The standard InChI is InChI=1S/C19H22N4O/c1-2-9-23-10-7-14(8-11-23)19(24)22-18-16(13-20)12-15-5-3-4-6-17(15)21-18/h1,12,14H,3-11H2,(H,21,22,24). The molecule has 1 saturated heterocycles. The number of nitriles is 1. The van der Waals surface area contributed by atoms with E-state index < -0.39 is 0 Å². The first-order valence-electron chi connectivity index (χ1n) is 8.61. The molecule has 24 heavy (non-hydrogen) atoms. The Kier molecular flexibility index (Phi) is 5.13. The van der Waals surface area contributed by atoms with Gasteiger partial charge in [-0.05, 0) is 63.2 Å². The van der Waals surface area contributed by atoms with Crippen LogP contribution in [0.25, 0.3) is 0 Å². The summed E-state index contributed by atoms with van der Waals surface area (Å²) in [6.07, 6.45) is 11.1. The molecule has 0 radical (unpaired) electrons. The second-order valence-electron chi connectivity index (χ2n) is 6.55. The highest BCUT2D eigenvalue weighted by atomic mass is 16.1. The maximum atomic E-state index is 12.5. The van der Waals surface area contributed by atoms with E-state index in [9.17, 15) is 10.1 Å². The van der Waals surface area contributed by atoms with Gasteiger partial charge >= 0.3 is 0 Å². The first-order valence-corrected chi connectivity index (χ1v) is 8.61. The zero-order valence-electron chi connectivity index (χ0n) is 13.8. The third-order valence-corrected chi connectivity index (χ3v) is 4.94. The monoisotopic (exact) mass is 322 g/mol. The molecular weight excluding hydrogens is 300 g/mol. The van der Waals surface area contributed by atoms with Crippen LogP contribution in [0.5, 0.6) is 0 Å². The number of pyridine rings is 1. The molecule has 2 aliphatic rings. The molecule has 5 heteroatoms. The third-order valence-electron chi connectivity index (χ3n) is 4.94. The molecule has 0 spiro atoms. The summed E-state index contributed by atoms with van der Waals surface area (Å²) in [6.45, 7) is 2.31. The number of carbonyl (C=O) groups excluding carboxylic acids is 1. The normalized spacial score (nSPS) is 18.2. The Morgan fingerprint density at radius 1 is 1.38 bits per heavy atom. The summed E-state index contributed by atoms with van der Waals surface area (Å²) >= 11 is 0. The molecular formula is C19H22N4O. The fourth-order valence-electron chi connectivity index (χ4n) is 3.52. The highest BCUT2D eigenvalue weighted by Gasteiger charge is 2.26. The lowest BCUT2D eigenvalue weighted by Gasteiger charge is -2.29. The quantitative estimate of drug-likeness (QED) is 0.866. The minimum Gasteiger partial charge on any atom is -0.309 e. The van der Waals surface area contributed by atoms with Gasteiger partial charge in [-0.15, -0.1) is 6.42 Å². The van der Waals surface area contributed by atoms with Crippen molar-refractivity contribution in [2.45, 2.75) is 38.5 Å². The molecule has 1 amide bonds. The number of anilines is 1. The van der Waals surface area contributed by atoms with E-state index in [1.807, 2.05) is 6.07 Å². The summed E-state index contributed by atoms with van der Waals surface area (Å²) in [6, 6.07) is 4.07. The van der Waals surface area contributed by atoms with Crippen LogP contribution in [-0.4, -0.2) is 35.4 Å². The molecule has 5 nitrogen and oxygen atoms in total. The lowest BCUT2D eigenvalue weighted by molar-refractivity contribution is -0.121. The van der Waals surface area contributed by atoms with Gasteiger partial charge in [0.2, 0.25) is 5.91 Å². The molecule has 1 aromatic rings. The van der Waals surface area contributed by atoms with Gasteiger partial charge in [-0.1, -0.05) is 5.92 Å². The van der Waals surface area contributed by atoms with Crippen LogP contribution in [0.1, 0.15) is 42.5 Å². The molecule has 1 fully saturated rings. The van der Waals surface area contributed by atoms with Crippen molar-refractivity contribution in [1.82, 2.24) is 9.88 Å². The van der Waals surface area contributed by atoms with E-state index in [0.29, 0.717) is 17.9 Å². The van der Waals surface area contributed by atoms with Crippen molar-refractivity contribution in [3.63, 3.8) is 0 Å². The molecule has 1 aliphatic carbocycles. The summed E-state index contributed by atoms with van der Waals surface area (Å²) in [5.74, 6) is 3.00. The maximum absolute atomic E-state index is 12.5. The highest BCUT2D eigenvalue weighted by Crippen LogP contribution is 2.25. The fraction of sp³-hybridized carbons (Fsp3) is 0.526. The van der Waals surface area contributed by atoms with Crippen LogP contribution < -0.4 is 5.32 Å². The second-order valence-corrected chi connectivity index (χ2v) is 6.55. The Balaban J connectivity index is 1.69. The molecule has 1 N–H and O–H groups in total. The number of carbonyl (C=O) groups is 1. The third kappa shape index (κ3) is 3.58. The first-order chi connectivity index (χ1) is 11.7. The van der Waals surface area contributed by atoms with Gasteiger partial charge in [0.1, 0.15) is 6.07 Å². The molecule has 0 bridgehead atoms. The van der Waals surface area contributed by atoms with E-state index in [1.54, 1.807) is 0 Å². The van der Waals surface area contributed by atoms with Crippen molar-refractivity contribution >= 4 is 11.7 Å². The van der Waals surface area contributed by atoms with Crippen molar-refractivity contribution in [3.8, 4) is 18.4 Å². The van der Waals surface area contributed by atoms with Crippen molar-refractivity contribution < 1.29 is 4.79 Å². The summed E-state index contributed by atoms with van der Waals surface area (Å²) in [5.41, 5.74) is 2.64. The lowest BCUT2D eigenvalue weighted by atomic mass is 9.94. The molecule has 2 heterocycles. The van der Waals surface area contributed by atoms with E-state index in [1.165, 1.54) is 0 Å². The molecule has 0 unspecified atom stereocenters. The van der Waals surface area contributed by atoms with Gasteiger partial charge in [-0.2, -0.15) is 5.26 Å². The number of nitrogens with one attached hydrogen (secondary N) is 1.